The molecular formula is C86H101FN10O18. The molecule has 2 saturated carbocycles. The molecule has 2 aliphatic carbocycles. The van der Waals surface area contributed by atoms with Gasteiger partial charge in [0, 0.05) is 118 Å². The highest BCUT2D eigenvalue weighted by Gasteiger charge is 2.60. The molecule has 0 spiro atoms. The quantitative estimate of drug-likeness (QED) is 0.00484. The van der Waals surface area contributed by atoms with E-state index in [1.807, 2.05) is 102 Å². The molecule has 610 valence electrons. The van der Waals surface area contributed by atoms with Crippen molar-refractivity contribution in [2.75, 3.05) is 54.8 Å². The number of nitrogens with two attached hydrogens (primary N) is 2. The van der Waals surface area contributed by atoms with Gasteiger partial charge in [-0.15, -0.1) is 0 Å². The average Bonchev–Trinajstić information content (AvgIpc) is 0.737. The Hall–Kier alpha value is -12.2. The Balaban J connectivity index is 0.000000270. The Morgan fingerprint density at radius 1 is 0.591 bits per heavy atom. The van der Waals surface area contributed by atoms with Gasteiger partial charge in [-0.25, -0.2) is 28.4 Å². The van der Waals surface area contributed by atoms with E-state index in [2.05, 4.69) is 21.3 Å². The predicted octanol–water partition coefficient (Wildman–Crippen LogP) is 13.7. The van der Waals surface area contributed by atoms with Crippen molar-refractivity contribution in [1.82, 2.24) is 20.1 Å². The molecule has 4 atom stereocenters. The predicted molar refractivity (Wildman–Crippen MR) is 429 cm³/mol. The molecule has 2 heterocycles. The van der Waals surface area contributed by atoms with Crippen LogP contribution >= 0.6 is 0 Å². The van der Waals surface area contributed by atoms with Crippen LogP contribution in [0.4, 0.5) is 46.3 Å². The molecule has 7 aromatic rings. The lowest BCUT2D eigenvalue weighted by Gasteiger charge is -2.51. The van der Waals surface area contributed by atoms with Gasteiger partial charge in [0.25, 0.3) is 5.69 Å². The monoisotopic (exact) mass is 1580 g/mol. The van der Waals surface area contributed by atoms with E-state index in [0.29, 0.717) is 73.1 Å². The number of aromatic carboxylic acids is 1. The smallest absolute Gasteiger partial charge is 0.477 e. The number of ether oxygens (including phenoxy) is 3. The second-order valence-corrected chi connectivity index (χ2v) is 31.7. The van der Waals surface area contributed by atoms with Gasteiger partial charge in [0.15, 0.2) is 0 Å². The van der Waals surface area contributed by atoms with Crippen LogP contribution in [-0.4, -0.2) is 124 Å². The van der Waals surface area contributed by atoms with E-state index in [1.54, 1.807) is 64.9 Å². The maximum Gasteiger partial charge on any atom is 0.514 e. The van der Waals surface area contributed by atoms with E-state index in [-0.39, 0.29) is 159 Å². The van der Waals surface area contributed by atoms with E-state index >= 15 is 4.39 Å². The molecular weight excluding hydrogens is 1480 g/mol. The minimum absolute atomic E-state index is 0.0246. The first-order valence-corrected chi connectivity index (χ1v) is 38.5. The van der Waals surface area contributed by atoms with Crippen LogP contribution in [-0.2, 0) is 58.0 Å². The van der Waals surface area contributed by atoms with Crippen LogP contribution < -0.4 is 47.8 Å². The van der Waals surface area contributed by atoms with Crippen LogP contribution in [0.5, 0.6) is 5.75 Å². The number of urea groups is 2. The van der Waals surface area contributed by atoms with Crippen LogP contribution in [0.1, 0.15) is 170 Å². The molecule has 0 radical (unpaired) electrons. The number of piperazine rings is 1. The highest BCUT2D eigenvalue weighted by atomic mass is 19.1. The SMILES string of the molecule is CCn1cc(C(=O)O)c(=O)c2cc(F)c(N3CCN(C(=O)OCc4ccc(NC(=O)[C@H](CCCNC(N)=O)CC(=O)C5(C(=O)C[C@H](C)c6ccccc6)CC(C)(C)C5)cc4)CC3)cc21.C[C@@H](CC(=O)C1(C(=O)C[C@@H](CCCNC(N)=O)C(=O)Nc2ccc(COC(=O)Oc3ccc([N+](=O)[O-])cc3)cc2)CC(C)(C)C1)c1ccccc1. The number of non-ortho nitro benzene ring substituents is 1. The van der Waals surface area contributed by atoms with E-state index in [9.17, 15) is 72.8 Å². The lowest BCUT2D eigenvalue weighted by Crippen LogP contribution is -2.54. The van der Waals surface area contributed by atoms with Crippen LogP contribution in [0, 0.1) is 49.4 Å². The number of nitro benzene ring substituents is 1. The van der Waals surface area contributed by atoms with Gasteiger partial charge in [-0.3, -0.25) is 43.7 Å². The lowest BCUT2D eigenvalue weighted by molar-refractivity contribution is -0.384. The van der Waals surface area contributed by atoms with Crippen LogP contribution in [0.2, 0.25) is 0 Å². The second-order valence-electron chi connectivity index (χ2n) is 31.7. The van der Waals surface area contributed by atoms with Gasteiger partial charge in [-0.1, -0.05) is 126 Å². The summed E-state index contributed by atoms with van der Waals surface area (Å²) < 4.78 is 32.7. The Morgan fingerprint density at radius 2 is 1.03 bits per heavy atom. The summed E-state index contributed by atoms with van der Waals surface area (Å²) in [6, 6.07) is 38.8. The maximum atomic E-state index is 15.4. The molecule has 6 aromatic carbocycles. The lowest BCUT2D eigenvalue weighted by atomic mass is 9.49. The largest absolute Gasteiger partial charge is 0.514 e. The molecule has 0 unspecified atom stereocenters. The average molecular weight is 1580 g/mol. The molecule has 29 heteroatoms. The number of carbonyl (C=O) groups excluding carboxylic acids is 10. The molecule has 10 rings (SSSR count). The highest BCUT2D eigenvalue weighted by molar-refractivity contribution is 6.11. The standard InChI is InChI=1S/C48H57FN6O9.C38H44N4O9/c1-5-53-26-36(44(60)61)42(58)35-24-37(49)39(25-38(35)53)54-18-20-55(21-19-54)46(63)64-27-31-13-15-34(16-14-31)52-43(59)33(12-9-17-51-45(50)62)23-41(57)48(28-47(3,4)29-48)40(56)22-30(2)32-10-7-6-8-11-32;1-25(27-8-5-4-6-9-27)20-32(43)38(23-37(2,3)24-38)33(44)21-28(10-7-19-40-35(39)46)34(45)41-29-13-11-26(12-14-29)22-50-36(47)51-31-17-15-30(16-18-31)42(48)49/h6-8,10-11,13-16,24-26,30,33H,5,9,12,17-23,27-29H2,1-4H3,(H,52,59)(H,60,61)(H3,50,51,62);4-6,8-9,11-18,25,28H,7,10,19-24H2,1-3H3,(H,41,45)(H3,39,40,46)/t30-,33+;25-,28+/m00/s1. The van der Waals surface area contributed by atoms with Crippen molar-refractivity contribution in [1.29, 1.82) is 0 Å². The van der Waals surface area contributed by atoms with Crippen molar-refractivity contribution >= 4 is 98.9 Å². The fraction of sp³-hybridized carbons (Fsp3) is 0.419. The van der Waals surface area contributed by atoms with E-state index < -0.39 is 86.5 Å². The van der Waals surface area contributed by atoms with Gasteiger partial charge >= 0.3 is 30.3 Å². The number of carboxylic acids is 1. The number of primary amides is 2. The van der Waals surface area contributed by atoms with Gasteiger partial charge in [0.1, 0.15) is 53.5 Å². The Labute approximate surface area is 665 Å². The van der Waals surface area contributed by atoms with Crippen molar-refractivity contribution in [3.8, 4) is 5.75 Å². The Bertz CT molecular complexity index is 4760. The molecule has 1 saturated heterocycles. The number of fused-ring (bicyclic) bond motifs is 1. The number of hydrogen-bond acceptors (Lipinski definition) is 18. The number of hydrogen-bond donors (Lipinski definition) is 7. The Kier molecular flexibility index (Phi) is 29.1. The molecule has 3 aliphatic rings. The van der Waals surface area contributed by atoms with Crippen molar-refractivity contribution < 1.29 is 81.4 Å². The van der Waals surface area contributed by atoms with Crippen LogP contribution in [0.3, 0.4) is 0 Å². The van der Waals surface area contributed by atoms with Gasteiger partial charge in [-0.2, -0.15) is 0 Å². The van der Waals surface area contributed by atoms with Crippen molar-refractivity contribution in [3.05, 3.63) is 206 Å². The van der Waals surface area contributed by atoms with Crippen molar-refractivity contribution in [3.63, 3.8) is 0 Å². The number of rotatable bonds is 35. The van der Waals surface area contributed by atoms with Crippen molar-refractivity contribution in [2.24, 2.45) is 45.0 Å². The van der Waals surface area contributed by atoms with Crippen LogP contribution in [0.25, 0.3) is 10.9 Å². The number of nitrogens with zero attached hydrogens (tertiary/aromatic N) is 4. The zero-order valence-electron chi connectivity index (χ0n) is 65.8. The normalized spacial score (nSPS) is 15.8. The number of ketones is 4. The number of nitro groups is 1. The van der Waals surface area contributed by atoms with Gasteiger partial charge in [-0.05, 0) is 152 Å². The number of anilines is 3. The fourth-order valence-electron chi connectivity index (χ4n) is 15.8. The van der Waals surface area contributed by atoms with Crippen molar-refractivity contribution in [2.45, 2.75) is 157 Å². The first-order valence-electron chi connectivity index (χ1n) is 38.5. The van der Waals surface area contributed by atoms with Gasteiger partial charge in [0.2, 0.25) is 17.2 Å². The summed E-state index contributed by atoms with van der Waals surface area (Å²) in [7, 11) is 0. The maximum absolute atomic E-state index is 15.4. The number of aryl methyl sites for hydroxylation is 1. The third-order valence-electron chi connectivity index (χ3n) is 21.6. The van der Waals surface area contributed by atoms with E-state index in [1.165, 1.54) is 41.4 Å². The molecule has 7 amide bonds. The number of amides is 7. The third kappa shape index (κ3) is 23.0. The first-order chi connectivity index (χ1) is 54.6. The number of aromatic nitrogens is 1. The number of pyridine rings is 1. The molecule has 3 fully saturated rings. The molecule has 115 heavy (non-hydrogen) atoms. The highest BCUT2D eigenvalue weighted by Crippen LogP contribution is 2.58. The molecule has 0 bridgehead atoms. The summed E-state index contributed by atoms with van der Waals surface area (Å²) in [5.74, 6) is -5.20. The number of benzene rings is 6. The van der Waals surface area contributed by atoms with E-state index in [4.69, 9.17) is 25.7 Å². The second kappa shape index (κ2) is 38.6. The summed E-state index contributed by atoms with van der Waals surface area (Å²) in [6.45, 7) is 15.5. The number of Topliss-reactive ketones (excluding diaryl/α,β-unsaturated/α-hetero) is 4. The van der Waals surface area contributed by atoms with Gasteiger partial charge in [0.05, 0.1) is 27.0 Å². The zero-order valence-corrected chi connectivity index (χ0v) is 65.8. The minimum atomic E-state index is -1.38. The molecule has 9 N–H and O–H groups in total. The molecule has 1 aliphatic heterocycles. The first kappa shape index (κ1) is 86.8. The van der Waals surface area contributed by atoms with Gasteiger partial charge < -0.3 is 66.4 Å². The van der Waals surface area contributed by atoms with E-state index in [0.717, 1.165) is 17.2 Å². The van der Waals surface area contributed by atoms with Crippen LogP contribution in [0.15, 0.2) is 157 Å². The third-order valence-corrected chi connectivity index (χ3v) is 21.6. The molecule has 1 aromatic heterocycles. The molecule has 28 nitrogen and oxygen atoms in total. The topological polar surface area (TPSA) is 407 Å². The number of halogens is 1. The zero-order chi connectivity index (χ0) is 83.5. The number of carbonyl (C=O) groups is 11. The number of nitrogens with one attached hydrogen (secondary N) is 4. The summed E-state index contributed by atoms with van der Waals surface area (Å²) in [5, 5.41) is 31.0. The summed E-state index contributed by atoms with van der Waals surface area (Å²) in [5.41, 5.74) is 11.2. The summed E-state index contributed by atoms with van der Waals surface area (Å²) >= 11 is 0. The number of carboxylic acid groups (broad SMARTS) is 1. The fourth-order valence-corrected chi connectivity index (χ4v) is 15.8. The summed E-state index contributed by atoms with van der Waals surface area (Å²) in [4.78, 5) is 169. The summed E-state index contributed by atoms with van der Waals surface area (Å²) in [6.07, 6.45) is 2.82. The minimum Gasteiger partial charge on any atom is -0.477 e. The Morgan fingerprint density at radius 3 is 1.43 bits per heavy atom.